The van der Waals surface area contributed by atoms with Gasteiger partial charge in [0.25, 0.3) is 5.91 Å². The molecule has 0 unspecified atom stereocenters. The van der Waals surface area contributed by atoms with Crippen LogP contribution >= 0.6 is 23.4 Å². The molecule has 166 valence electrons. The van der Waals surface area contributed by atoms with Gasteiger partial charge < -0.3 is 24.7 Å². The number of aromatic nitrogens is 3. The monoisotopic (exact) mass is 473 g/mol. The van der Waals surface area contributed by atoms with E-state index in [1.54, 1.807) is 42.5 Å². The van der Waals surface area contributed by atoms with Crippen LogP contribution in [0.4, 0.5) is 5.69 Å². The second-order valence-electron chi connectivity index (χ2n) is 6.71. The van der Waals surface area contributed by atoms with Crippen molar-refractivity contribution >= 4 is 40.9 Å². The van der Waals surface area contributed by atoms with Gasteiger partial charge in [-0.05, 0) is 37.3 Å². The Kier molecular flexibility index (Phi) is 6.81. The minimum atomic E-state index is -0.262. The van der Waals surface area contributed by atoms with Crippen LogP contribution in [0.15, 0.2) is 47.6 Å². The summed E-state index contributed by atoms with van der Waals surface area (Å²) in [5.41, 5.74) is 1.02. The molecular weight excluding hydrogens is 454 g/mol. The van der Waals surface area contributed by atoms with E-state index >= 15 is 0 Å². The van der Waals surface area contributed by atoms with E-state index in [9.17, 15) is 9.59 Å². The number of carbonyl (C=O) groups excluding carboxylic acids is 2. The molecule has 2 heterocycles. The van der Waals surface area contributed by atoms with E-state index in [2.05, 4.69) is 20.8 Å². The fourth-order valence-corrected chi connectivity index (χ4v) is 4.06. The Bertz CT molecular complexity index is 1150. The molecule has 0 fully saturated rings. The van der Waals surface area contributed by atoms with Crippen molar-refractivity contribution < 1.29 is 19.1 Å². The Labute approximate surface area is 193 Å². The third kappa shape index (κ3) is 4.97. The van der Waals surface area contributed by atoms with Crippen LogP contribution in [0.25, 0.3) is 0 Å². The van der Waals surface area contributed by atoms with Gasteiger partial charge in [-0.15, -0.1) is 10.2 Å². The molecule has 2 amide bonds. The van der Waals surface area contributed by atoms with Crippen molar-refractivity contribution in [2.45, 2.75) is 25.2 Å². The number of carbonyl (C=O) groups is 2. The van der Waals surface area contributed by atoms with E-state index in [1.165, 1.54) is 11.8 Å². The van der Waals surface area contributed by atoms with Gasteiger partial charge in [-0.3, -0.25) is 9.59 Å². The van der Waals surface area contributed by atoms with Gasteiger partial charge in [-0.2, -0.15) is 0 Å². The van der Waals surface area contributed by atoms with Crippen molar-refractivity contribution in [3.63, 3.8) is 0 Å². The predicted octanol–water partition coefficient (Wildman–Crippen LogP) is 3.34. The third-order valence-corrected chi connectivity index (χ3v) is 5.93. The van der Waals surface area contributed by atoms with Crippen LogP contribution in [0.2, 0.25) is 5.02 Å². The summed E-state index contributed by atoms with van der Waals surface area (Å²) in [4.78, 5) is 24.8. The number of ether oxygens (including phenoxy) is 2. The van der Waals surface area contributed by atoms with Gasteiger partial charge in [0.15, 0.2) is 22.5 Å². The molecule has 11 heteroatoms. The number of rotatable bonds is 8. The van der Waals surface area contributed by atoms with Crippen LogP contribution in [0, 0.1) is 0 Å². The lowest BCUT2D eigenvalue weighted by Crippen LogP contribution is -2.24. The molecule has 2 aromatic carbocycles. The number of para-hydroxylation sites is 1. The van der Waals surface area contributed by atoms with Crippen molar-refractivity contribution in [2.75, 3.05) is 17.9 Å². The number of amides is 2. The zero-order chi connectivity index (χ0) is 22.5. The first-order valence-corrected chi connectivity index (χ1v) is 11.2. The zero-order valence-corrected chi connectivity index (χ0v) is 18.7. The predicted molar refractivity (Wildman–Crippen MR) is 120 cm³/mol. The molecule has 0 bridgehead atoms. The number of hydrogen-bond acceptors (Lipinski definition) is 7. The summed E-state index contributed by atoms with van der Waals surface area (Å²) >= 11 is 7.33. The van der Waals surface area contributed by atoms with Crippen LogP contribution in [0.3, 0.4) is 0 Å². The molecular formula is C21H20ClN5O4S. The Morgan fingerprint density at radius 2 is 1.97 bits per heavy atom. The fraction of sp³-hybridized carbons (Fsp3) is 0.238. The number of nitrogens with zero attached hydrogens (tertiary/aromatic N) is 3. The van der Waals surface area contributed by atoms with Gasteiger partial charge in [0.05, 0.1) is 23.0 Å². The van der Waals surface area contributed by atoms with Crippen LogP contribution in [-0.4, -0.2) is 39.1 Å². The first kappa shape index (κ1) is 22.0. The van der Waals surface area contributed by atoms with Gasteiger partial charge in [-0.25, -0.2) is 0 Å². The molecule has 3 aromatic rings. The summed E-state index contributed by atoms with van der Waals surface area (Å²) in [6.45, 7) is 2.88. The van der Waals surface area contributed by atoms with Crippen molar-refractivity contribution in [3.8, 4) is 11.5 Å². The molecule has 1 aliphatic rings. The summed E-state index contributed by atoms with van der Waals surface area (Å²) in [6, 6.07) is 12.1. The molecule has 0 aliphatic carbocycles. The molecule has 0 saturated carbocycles. The average molecular weight is 474 g/mol. The normalized spacial score (nSPS) is 11.9. The molecule has 4 rings (SSSR count). The summed E-state index contributed by atoms with van der Waals surface area (Å²) < 4.78 is 12.4. The molecule has 0 atom stereocenters. The fourth-order valence-electron chi connectivity index (χ4n) is 3.05. The van der Waals surface area contributed by atoms with Crippen molar-refractivity contribution in [1.82, 2.24) is 20.1 Å². The van der Waals surface area contributed by atoms with Crippen LogP contribution in [-0.2, 0) is 17.9 Å². The lowest BCUT2D eigenvalue weighted by Gasteiger charge is -2.09. The van der Waals surface area contributed by atoms with Crippen LogP contribution in [0.1, 0.15) is 23.1 Å². The third-order valence-electron chi connectivity index (χ3n) is 4.63. The highest BCUT2D eigenvalue weighted by molar-refractivity contribution is 7.99. The maximum Gasteiger partial charge on any atom is 0.251 e. The molecule has 1 aliphatic heterocycles. The minimum Gasteiger partial charge on any atom is -0.454 e. The number of thioether (sulfide) groups is 1. The van der Waals surface area contributed by atoms with E-state index in [4.69, 9.17) is 21.1 Å². The summed E-state index contributed by atoms with van der Waals surface area (Å²) in [5, 5.41) is 15.0. The Balaban J connectivity index is 1.34. The number of nitrogens with one attached hydrogen (secondary N) is 2. The highest BCUT2D eigenvalue weighted by atomic mass is 35.5. The highest BCUT2D eigenvalue weighted by Gasteiger charge is 2.18. The smallest absolute Gasteiger partial charge is 0.251 e. The van der Waals surface area contributed by atoms with Crippen molar-refractivity contribution in [3.05, 3.63) is 58.9 Å². The molecule has 32 heavy (non-hydrogen) atoms. The van der Waals surface area contributed by atoms with Gasteiger partial charge >= 0.3 is 0 Å². The van der Waals surface area contributed by atoms with E-state index in [0.717, 1.165) is 0 Å². The van der Waals surface area contributed by atoms with E-state index in [-0.39, 0.29) is 30.9 Å². The highest BCUT2D eigenvalue weighted by Crippen LogP contribution is 2.32. The largest absolute Gasteiger partial charge is 0.454 e. The number of anilines is 1. The SMILES string of the molecule is CCn1c(CNC(=O)c2ccc3c(c2)OCO3)nnc1SCC(=O)Nc1ccccc1Cl. The van der Waals surface area contributed by atoms with Gasteiger partial charge in [0.1, 0.15) is 0 Å². The van der Waals surface area contributed by atoms with Gasteiger partial charge in [0, 0.05) is 12.1 Å². The average Bonchev–Trinajstić information content (AvgIpc) is 3.43. The first-order chi connectivity index (χ1) is 15.5. The quantitative estimate of drug-likeness (QED) is 0.483. The maximum atomic E-state index is 12.5. The topological polar surface area (TPSA) is 107 Å². The van der Waals surface area contributed by atoms with Crippen molar-refractivity contribution in [1.29, 1.82) is 0 Å². The number of halogens is 1. The molecule has 0 radical (unpaired) electrons. The molecule has 2 N–H and O–H groups in total. The minimum absolute atomic E-state index is 0.146. The second kappa shape index (κ2) is 9.92. The molecule has 0 spiro atoms. The molecule has 9 nitrogen and oxygen atoms in total. The number of hydrogen-bond donors (Lipinski definition) is 2. The van der Waals surface area contributed by atoms with E-state index in [1.807, 2.05) is 11.5 Å². The van der Waals surface area contributed by atoms with E-state index < -0.39 is 0 Å². The number of fused-ring (bicyclic) bond motifs is 1. The summed E-state index contributed by atoms with van der Waals surface area (Å²) in [7, 11) is 0. The Morgan fingerprint density at radius 3 is 2.78 bits per heavy atom. The van der Waals surface area contributed by atoms with E-state index in [0.29, 0.717) is 45.3 Å². The van der Waals surface area contributed by atoms with Crippen molar-refractivity contribution in [2.24, 2.45) is 0 Å². The van der Waals surface area contributed by atoms with Gasteiger partial charge in [0.2, 0.25) is 12.7 Å². The molecule has 1 aromatic heterocycles. The van der Waals surface area contributed by atoms with Gasteiger partial charge in [-0.1, -0.05) is 35.5 Å². The second-order valence-corrected chi connectivity index (χ2v) is 8.06. The standard InChI is InChI=1S/C21H20ClN5O4S/c1-2-27-18(10-23-20(29)13-7-8-16-17(9-13)31-12-30-16)25-26-21(27)32-11-19(28)24-15-6-4-3-5-14(15)22/h3-9H,2,10-12H2,1H3,(H,23,29)(H,24,28). The zero-order valence-electron chi connectivity index (χ0n) is 17.1. The maximum absolute atomic E-state index is 12.5. The van der Waals surface area contributed by atoms with Crippen LogP contribution < -0.4 is 20.1 Å². The molecule has 0 saturated heterocycles. The summed E-state index contributed by atoms with van der Waals surface area (Å²) in [6.07, 6.45) is 0. The van der Waals surface area contributed by atoms with Crippen LogP contribution in [0.5, 0.6) is 11.5 Å². The lowest BCUT2D eigenvalue weighted by atomic mass is 10.2. The lowest BCUT2D eigenvalue weighted by molar-refractivity contribution is -0.113. The first-order valence-electron chi connectivity index (χ1n) is 9.82. The Hall–Kier alpha value is -3.24. The Morgan fingerprint density at radius 1 is 1.16 bits per heavy atom. The summed E-state index contributed by atoms with van der Waals surface area (Å²) in [5.74, 6) is 1.44. The number of benzene rings is 2.